The number of carboxylic acid groups (broad SMARTS) is 1. The monoisotopic (exact) mass is 393 g/mol. The fraction of sp³-hybridized carbons (Fsp3) is 0.278. The Kier molecular flexibility index (Phi) is 4.13. The number of likely N-dealkylation sites (tertiary alicyclic amines) is 1. The SMILES string of the molecule is O=C(O)[C@@H]1CN(C(=O)c2cn[nH]c2-c2cc3ccccc3o2)C[C@H]1C(F)(F)F. The largest absolute Gasteiger partial charge is 0.481 e. The molecule has 1 aliphatic rings. The first-order valence-electron chi connectivity index (χ1n) is 8.37. The van der Waals surface area contributed by atoms with Gasteiger partial charge < -0.3 is 14.4 Å². The lowest BCUT2D eigenvalue weighted by Gasteiger charge is -2.18. The quantitative estimate of drug-likeness (QED) is 0.712. The molecule has 7 nitrogen and oxygen atoms in total. The molecule has 0 unspecified atom stereocenters. The predicted octanol–water partition coefficient (Wildman–Crippen LogP) is 3.16. The number of alkyl halides is 3. The normalized spacial score (nSPS) is 20.0. The molecule has 1 fully saturated rings. The van der Waals surface area contributed by atoms with Crippen LogP contribution in [-0.2, 0) is 4.79 Å². The molecule has 0 radical (unpaired) electrons. The van der Waals surface area contributed by atoms with Gasteiger partial charge in [-0.15, -0.1) is 0 Å². The Labute approximate surface area is 155 Å². The van der Waals surface area contributed by atoms with Crippen molar-refractivity contribution in [1.29, 1.82) is 0 Å². The molecule has 0 bridgehead atoms. The number of hydrogen-bond acceptors (Lipinski definition) is 4. The molecule has 3 heterocycles. The summed E-state index contributed by atoms with van der Waals surface area (Å²) in [7, 11) is 0. The molecule has 1 amide bonds. The molecular formula is C18H14F3N3O4. The average Bonchev–Trinajstić information content (AvgIpc) is 3.35. The number of rotatable bonds is 3. The summed E-state index contributed by atoms with van der Waals surface area (Å²) in [5, 5.41) is 16.4. The van der Waals surface area contributed by atoms with Gasteiger partial charge in [0.2, 0.25) is 0 Å². The number of hydrogen-bond donors (Lipinski definition) is 2. The summed E-state index contributed by atoms with van der Waals surface area (Å²) in [4.78, 5) is 24.9. The van der Waals surface area contributed by atoms with Crippen molar-refractivity contribution in [3.8, 4) is 11.5 Å². The van der Waals surface area contributed by atoms with Crippen LogP contribution in [0.5, 0.6) is 0 Å². The maximum absolute atomic E-state index is 13.2. The van der Waals surface area contributed by atoms with Crippen LogP contribution in [0.2, 0.25) is 0 Å². The van der Waals surface area contributed by atoms with Gasteiger partial charge in [0, 0.05) is 18.5 Å². The van der Waals surface area contributed by atoms with Crippen molar-refractivity contribution in [2.45, 2.75) is 6.18 Å². The molecule has 10 heteroatoms. The summed E-state index contributed by atoms with van der Waals surface area (Å²) >= 11 is 0. The number of halogens is 3. The number of aliphatic carboxylic acids is 1. The second-order valence-electron chi connectivity index (χ2n) is 6.61. The minimum Gasteiger partial charge on any atom is -0.481 e. The number of H-pyrrole nitrogens is 1. The molecule has 3 aromatic rings. The van der Waals surface area contributed by atoms with E-state index in [1.165, 1.54) is 6.20 Å². The van der Waals surface area contributed by atoms with Gasteiger partial charge in [0.25, 0.3) is 5.91 Å². The van der Waals surface area contributed by atoms with E-state index < -0.39 is 43.0 Å². The van der Waals surface area contributed by atoms with Crippen LogP contribution in [0.4, 0.5) is 13.2 Å². The number of fused-ring (bicyclic) bond motifs is 1. The Bertz CT molecular complexity index is 1020. The summed E-state index contributed by atoms with van der Waals surface area (Å²) in [6.45, 7) is -1.24. The molecule has 1 aliphatic heterocycles. The van der Waals surface area contributed by atoms with E-state index in [0.717, 1.165) is 10.3 Å². The highest BCUT2D eigenvalue weighted by Crippen LogP contribution is 2.39. The second kappa shape index (κ2) is 6.39. The van der Waals surface area contributed by atoms with Crippen molar-refractivity contribution >= 4 is 22.8 Å². The van der Waals surface area contributed by atoms with Gasteiger partial charge in [0.15, 0.2) is 5.76 Å². The molecule has 2 N–H and O–H groups in total. The third-order valence-electron chi connectivity index (χ3n) is 4.89. The van der Waals surface area contributed by atoms with Crippen molar-refractivity contribution in [2.75, 3.05) is 13.1 Å². The summed E-state index contributed by atoms with van der Waals surface area (Å²) in [5.74, 6) is -5.83. The third-order valence-corrected chi connectivity index (χ3v) is 4.89. The number of carbonyl (C=O) groups is 2. The van der Waals surface area contributed by atoms with Crippen LogP contribution in [0.3, 0.4) is 0 Å². The number of furan rings is 1. The number of carbonyl (C=O) groups excluding carboxylic acids is 1. The predicted molar refractivity (Wildman–Crippen MR) is 90.4 cm³/mol. The Morgan fingerprint density at radius 2 is 2.00 bits per heavy atom. The van der Waals surface area contributed by atoms with Gasteiger partial charge in [-0.1, -0.05) is 18.2 Å². The molecule has 0 saturated carbocycles. The lowest BCUT2D eigenvalue weighted by atomic mass is 9.96. The van der Waals surface area contributed by atoms with Gasteiger partial charge in [0.05, 0.1) is 23.6 Å². The molecule has 2 atom stereocenters. The molecule has 2 aromatic heterocycles. The van der Waals surface area contributed by atoms with Crippen LogP contribution in [-0.4, -0.2) is 51.3 Å². The van der Waals surface area contributed by atoms with Gasteiger partial charge in [-0.25, -0.2) is 0 Å². The average molecular weight is 393 g/mol. The minimum absolute atomic E-state index is 0.0195. The van der Waals surface area contributed by atoms with E-state index in [1.54, 1.807) is 18.2 Å². The zero-order valence-corrected chi connectivity index (χ0v) is 14.2. The highest BCUT2D eigenvalue weighted by molar-refractivity contribution is 6.00. The molecule has 0 spiro atoms. The van der Waals surface area contributed by atoms with Crippen LogP contribution in [0.25, 0.3) is 22.4 Å². The van der Waals surface area contributed by atoms with E-state index in [-0.39, 0.29) is 11.3 Å². The molecule has 1 aromatic carbocycles. The molecule has 28 heavy (non-hydrogen) atoms. The summed E-state index contributed by atoms with van der Waals surface area (Å²) in [6.07, 6.45) is -3.52. The fourth-order valence-electron chi connectivity index (χ4n) is 3.46. The van der Waals surface area contributed by atoms with E-state index in [9.17, 15) is 22.8 Å². The van der Waals surface area contributed by atoms with Gasteiger partial charge in [-0.05, 0) is 12.1 Å². The maximum atomic E-state index is 13.2. The van der Waals surface area contributed by atoms with Crippen LogP contribution in [0.1, 0.15) is 10.4 Å². The highest BCUT2D eigenvalue weighted by Gasteiger charge is 2.53. The Morgan fingerprint density at radius 3 is 2.64 bits per heavy atom. The van der Waals surface area contributed by atoms with Gasteiger partial charge >= 0.3 is 12.1 Å². The number of aromatic nitrogens is 2. The maximum Gasteiger partial charge on any atom is 0.394 e. The second-order valence-corrected chi connectivity index (χ2v) is 6.61. The number of aromatic amines is 1. The first-order valence-corrected chi connectivity index (χ1v) is 8.37. The number of para-hydroxylation sites is 1. The Morgan fingerprint density at radius 1 is 1.25 bits per heavy atom. The lowest BCUT2D eigenvalue weighted by Crippen LogP contribution is -2.34. The van der Waals surface area contributed by atoms with Crippen molar-refractivity contribution in [1.82, 2.24) is 15.1 Å². The van der Waals surface area contributed by atoms with E-state index in [2.05, 4.69) is 10.2 Å². The topological polar surface area (TPSA) is 99.4 Å². The fourth-order valence-corrected chi connectivity index (χ4v) is 3.46. The smallest absolute Gasteiger partial charge is 0.394 e. The number of carboxylic acids is 1. The van der Waals surface area contributed by atoms with Crippen molar-refractivity contribution in [3.05, 3.63) is 42.1 Å². The summed E-state index contributed by atoms with van der Waals surface area (Å²) < 4.78 is 45.2. The number of nitrogens with one attached hydrogen (secondary N) is 1. The van der Waals surface area contributed by atoms with Crippen LogP contribution in [0.15, 0.2) is 40.9 Å². The Balaban J connectivity index is 1.65. The van der Waals surface area contributed by atoms with Crippen LogP contribution >= 0.6 is 0 Å². The summed E-state index contributed by atoms with van der Waals surface area (Å²) in [6, 6.07) is 8.83. The molecule has 1 saturated heterocycles. The van der Waals surface area contributed by atoms with E-state index in [0.29, 0.717) is 11.3 Å². The molecular weight excluding hydrogens is 379 g/mol. The lowest BCUT2D eigenvalue weighted by molar-refractivity contribution is -0.187. The van der Waals surface area contributed by atoms with Crippen molar-refractivity contribution in [3.63, 3.8) is 0 Å². The number of amides is 1. The first-order chi connectivity index (χ1) is 13.3. The van der Waals surface area contributed by atoms with Gasteiger partial charge in [-0.2, -0.15) is 18.3 Å². The summed E-state index contributed by atoms with van der Waals surface area (Å²) in [5.41, 5.74) is 0.823. The van der Waals surface area contributed by atoms with Crippen molar-refractivity contribution in [2.24, 2.45) is 11.8 Å². The standard InChI is InChI=1S/C18H14F3N3O4/c19-18(20,21)12-8-24(7-11(12)17(26)27)16(25)10-6-22-23-15(10)14-5-9-3-1-2-4-13(9)28-14/h1-6,11-12H,7-8H2,(H,22,23)(H,26,27)/t11-,12-/m1/s1. The van der Waals surface area contributed by atoms with Crippen LogP contribution < -0.4 is 0 Å². The van der Waals surface area contributed by atoms with E-state index in [1.807, 2.05) is 12.1 Å². The molecule has 4 rings (SSSR count). The first kappa shape index (κ1) is 18.1. The third kappa shape index (κ3) is 3.00. The van der Waals surface area contributed by atoms with Gasteiger partial charge in [0.1, 0.15) is 11.3 Å². The van der Waals surface area contributed by atoms with E-state index in [4.69, 9.17) is 9.52 Å². The zero-order chi connectivity index (χ0) is 20.1. The van der Waals surface area contributed by atoms with Gasteiger partial charge in [-0.3, -0.25) is 14.7 Å². The number of benzene rings is 1. The number of nitrogens with zero attached hydrogens (tertiary/aromatic N) is 2. The van der Waals surface area contributed by atoms with E-state index >= 15 is 0 Å². The molecule has 146 valence electrons. The zero-order valence-electron chi connectivity index (χ0n) is 14.2. The van der Waals surface area contributed by atoms with Crippen molar-refractivity contribution < 1.29 is 32.3 Å². The minimum atomic E-state index is -4.71. The Hall–Kier alpha value is -3.30. The van der Waals surface area contributed by atoms with Crippen LogP contribution in [0, 0.1) is 11.8 Å². The highest BCUT2D eigenvalue weighted by atomic mass is 19.4. The molecule has 0 aliphatic carbocycles.